The molecule has 0 aliphatic carbocycles. The smallest absolute Gasteiger partial charge is 0.152 e. The van der Waals surface area contributed by atoms with Gasteiger partial charge in [-0.05, 0) is 36.8 Å². The Morgan fingerprint density at radius 2 is 2.00 bits per heavy atom. The molecular formula is C21H19F2N3O3. The summed E-state index contributed by atoms with van der Waals surface area (Å²) in [6, 6.07) is 9.76. The number of aromatic nitrogens is 3. The number of halogens is 2. The fourth-order valence-corrected chi connectivity index (χ4v) is 2.75. The first-order valence-corrected chi connectivity index (χ1v) is 8.77. The second-order valence-electron chi connectivity index (χ2n) is 6.55. The molecule has 0 amide bonds. The average Bonchev–Trinajstić information content (AvgIpc) is 3.18. The summed E-state index contributed by atoms with van der Waals surface area (Å²) in [4.78, 5) is 14.8. The highest BCUT2D eigenvalue weighted by molar-refractivity contribution is 5.91. The van der Waals surface area contributed by atoms with Gasteiger partial charge in [-0.1, -0.05) is 24.3 Å². The number of ether oxygens (including phenoxy) is 1. The van der Waals surface area contributed by atoms with Gasteiger partial charge in [-0.3, -0.25) is 4.79 Å². The Hall–Kier alpha value is -3.39. The van der Waals surface area contributed by atoms with E-state index in [0.29, 0.717) is 11.8 Å². The van der Waals surface area contributed by atoms with Crippen LogP contribution in [0.2, 0.25) is 0 Å². The molecule has 1 unspecified atom stereocenters. The minimum atomic E-state index is -1.82. The third-order valence-corrected chi connectivity index (χ3v) is 4.19. The quantitative estimate of drug-likeness (QED) is 0.589. The largest absolute Gasteiger partial charge is 0.490 e. The Morgan fingerprint density at radius 3 is 2.62 bits per heavy atom. The van der Waals surface area contributed by atoms with Crippen LogP contribution in [0.1, 0.15) is 18.1 Å². The van der Waals surface area contributed by atoms with Crippen LogP contribution in [0.4, 0.5) is 8.78 Å². The molecule has 0 aliphatic rings. The van der Waals surface area contributed by atoms with Gasteiger partial charge in [-0.15, -0.1) is 0 Å². The summed E-state index contributed by atoms with van der Waals surface area (Å²) in [5, 5.41) is 15.1. The Balaban J connectivity index is 1.81. The number of carbonyl (C=O) groups is 1. The highest BCUT2D eigenvalue weighted by Crippen LogP contribution is 2.28. The zero-order valence-corrected chi connectivity index (χ0v) is 15.6. The van der Waals surface area contributed by atoms with Gasteiger partial charge >= 0.3 is 0 Å². The number of ketones is 1. The van der Waals surface area contributed by atoms with Crippen molar-refractivity contribution < 1.29 is 23.4 Å². The summed E-state index contributed by atoms with van der Waals surface area (Å²) in [7, 11) is 0. The fraction of sp³-hybridized carbons (Fsp3) is 0.190. The van der Waals surface area contributed by atoms with E-state index in [2.05, 4.69) is 10.1 Å². The van der Waals surface area contributed by atoms with Crippen molar-refractivity contribution in [1.82, 2.24) is 14.8 Å². The molecule has 0 saturated heterocycles. The molecule has 3 aromatic rings. The summed E-state index contributed by atoms with van der Waals surface area (Å²) in [5.74, 6) is -1.26. The Morgan fingerprint density at radius 1 is 1.24 bits per heavy atom. The first-order chi connectivity index (χ1) is 13.9. The lowest BCUT2D eigenvalue weighted by atomic mass is 9.94. The third kappa shape index (κ3) is 5.32. The minimum absolute atomic E-state index is 0.0650. The van der Waals surface area contributed by atoms with E-state index in [-0.39, 0.29) is 24.5 Å². The first-order valence-electron chi connectivity index (χ1n) is 8.77. The molecule has 0 radical (unpaired) electrons. The van der Waals surface area contributed by atoms with E-state index in [0.717, 1.165) is 11.6 Å². The number of benzene rings is 2. The van der Waals surface area contributed by atoms with Gasteiger partial charge in [0.05, 0.1) is 6.54 Å². The topological polar surface area (TPSA) is 77.2 Å². The van der Waals surface area contributed by atoms with E-state index in [1.54, 1.807) is 30.3 Å². The lowest BCUT2D eigenvalue weighted by Gasteiger charge is -2.29. The van der Waals surface area contributed by atoms with Crippen LogP contribution in [-0.2, 0) is 16.9 Å². The van der Waals surface area contributed by atoms with Gasteiger partial charge in [0.15, 0.2) is 5.78 Å². The minimum Gasteiger partial charge on any atom is -0.490 e. The summed E-state index contributed by atoms with van der Waals surface area (Å²) in [6.45, 7) is 1.01. The van der Waals surface area contributed by atoms with Gasteiger partial charge in [0.2, 0.25) is 0 Å². The third-order valence-electron chi connectivity index (χ3n) is 4.19. The van der Waals surface area contributed by atoms with Crippen LogP contribution < -0.4 is 4.74 Å². The van der Waals surface area contributed by atoms with Crippen molar-refractivity contribution in [2.24, 2.45) is 0 Å². The molecule has 1 atom stereocenters. The lowest BCUT2D eigenvalue weighted by molar-refractivity contribution is -0.112. The van der Waals surface area contributed by atoms with Gasteiger partial charge < -0.3 is 9.84 Å². The number of rotatable bonds is 8. The number of aliphatic hydroxyl groups is 1. The Labute approximate surface area is 166 Å². The van der Waals surface area contributed by atoms with E-state index in [1.807, 2.05) is 0 Å². The standard InChI is InChI=1S/C21H19F2N3O3/c1-15(27)2-3-16-4-7-18(8-5-16)29-12-21(28,11-26-14-24-13-25-26)19-9-6-17(22)10-20(19)23/h2-10,13-14,28H,11-12H2,1H3/b3-2+. The molecule has 6 nitrogen and oxygen atoms in total. The van der Waals surface area contributed by atoms with Gasteiger partial charge in [0, 0.05) is 11.6 Å². The number of hydrogen-bond acceptors (Lipinski definition) is 5. The summed E-state index contributed by atoms with van der Waals surface area (Å²) in [6.07, 6.45) is 5.78. The molecule has 0 fully saturated rings. The summed E-state index contributed by atoms with van der Waals surface area (Å²) in [5.41, 5.74) is -1.14. The van der Waals surface area contributed by atoms with Crippen LogP contribution in [0, 0.1) is 11.6 Å². The molecule has 0 spiro atoms. The molecule has 0 saturated carbocycles. The van der Waals surface area contributed by atoms with Crippen LogP contribution in [0.5, 0.6) is 5.75 Å². The number of hydrogen-bond donors (Lipinski definition) is 1. The molecule has 0 aliphatic heterocycles. The molecule has 29 heavy (non-hydrogen) atoms. The molecule has 1 N–H and O–H groups in total. The molecule has 1 heterocycles. The SMILES string of the molecule is CC(=O)/C=C/c1ccc(OCC(O)(Cn2cncn2)c2ccc(F)cc2F)cc1. The van der Waals surface area contributed by atoms with Crippen molar-refractivity contribution in [3.05, 3.63) is 84.0 Å². The number of carbonyl (C=O) groups excluding carboxylic acids is 1. The van der Waals surface area contributed by atoms with Crippen LogP contribution in [0.3, 0.4) is 0 Å². The monoisotopic (exact) mass is 399 g/mol. The van der Waals surface area contributed by atoms with Crippen LogP contribution >= 0.6 is 0 Å². The summed E-state index contributed by atoms with van der Waals surface area (Å²) < 4.78 is 34.7. The maximum atomic E-state index is 14.4. The van der Waals surface area contributed by atoms with Crippen molar-refractivity contribution >= 4 is 11.9 Å². The van der Waals surface area contributed by atoms with Gasteiger partial charge in [0.25, 0.3) is 0 Å². The molecule has 3 rings (SSSR count). The Kier molecular flexibility index (Phi) is 6.13. The van der Waals surface area contributed by atoms with Crippen molar-refractivity contribution in [2.45, 2.75) is 19.1 Å². The van der Waals surface area contributed by atoms with E-state index in [9.17, 15) is 18.7 Å². The zero-order valence-electron chi connectivity index (χ0n) is 15.6. The normalized spacial score (nSPS) is 13.4. The maximum absolute atomic E-state index is 14.4. The first kappa shape index (κ1) is 20.3. The van der Waals surface area contributed by atoms with E-state index in [1.165, 1.54) is 36.4 Å². The van der Waals surface area contributed by atoms with Crippen LogP contribution in [-0.4, -0.2) is 32.3 Å². The van der Waals surface area contributed by atoms with Crippen molar-refractivity contribution in [1.29, 1.82) is 0 Å². The lowest BCUT2D eigenvalue weighted by Crippen LogP contribution is -2.39. The molecule has 2 aromatic carbocycles. The van der Waals surface area contributed by atoms with Crippen molar-refractivity contribution in [3.8, 4) is 5.75 Å². The average molecular weight is 399 g/mol. The highest BCUT2D eigenvalue weighted by atomic mass is 19.1. The van der Waals surface area contributed by atoms with E-state index in [4.69, 9.17) is 4.74 Å². The van der Waals surface area contributed by atoms with Crippen LogP contribution in [0.25, 0.3) is 6.08 Å². The van der Waals surface area contributed by atoms with Gasteiger partial charge in [-0.25, -0.2) is 18.4 Å². The predicted octanol–water partition coefficient (Wildman–Crippen LogP) is 3.13. The molecule has 0 bridgehead atoms. The fourth-order valence-electron chi connectivity index (χ4n) is 2.75. The second kappa shape index (κ2) is 8.74. The van der Waals surface area contributed by atoms with Crippen molar-refractivity contribution in [2.75, 3.05) is 6.61 Å². The molecule has 8 heteroatoms. The summed E-state index contributed by atoms with van der Waals surface area (Å²) >= 11 is 0. The number of nitrogens with zero attached hydrogens (tertiary/aromatic N) is 3. The second-order valence-corrected chi connectivity index (χ2v) is 6.55. The van der Waals surface area contributed by atoms with E-state index < -0.39 is 17.2 Å². The predicted molar refractivity (Wildman–Crippen MR) is 102 cm³/mol. The number of allylic oxidation sites excluding steroid dienone is 1. The molecule has 150 valence electrons. The maximum Gasteiger partial charge on any atom is 0.152 e. The zero-order chi connectivity index (χ0) is 20.9. The van der Waals surface area contributed by atoms with Gasteiger partial charge in [0.1, 0.15) is 42.2 Å². The van der Waals surface area contributed by atoms with Gasteiger partial charge in [-0.2, -0.15) is 5.10 Å². The molecule has 1 aromatic heterocycles. The Bertz CT molecular complexity index is 1000. The van der Waals surface area contributed by atoms with Crippen LogP contribution in [0.15, 0.2) is 61.2 Å². The van der Waals surface area contributed by atoms with Crippen molar-refractivity contribution in [3.63, 3.8) is 0 Å². The van der Waals surface area contributed by atoms with E-state index >= 15 is 0 Å². The highest BCUT2D eigenvalue weighted by Gasteiger charge is 2.34. The molecular weight excluding hydrogens is 380 g/mol.